The molecule has 100 valence electrons. The third-order valence-corrected chi connectivity index (χ3v) is 4.46. The SMILES string of the molecule is CC(C)c1nnc(N2CCC(C(=O)N(C)C)C2)s1. The van der Waals surface area contributed by atoms with Gasteiger partial charge < -0.3 is 9.80 Å². The summed E-state index contributed by atoms with van der Waals surface area (Å²) in [6.45, 7) is 5.90. The number of aromatic nitrogens is 2. The van der Waals surface area contributed by atoms with Gasteiger partial charge in [-0.25, -0.2) is 0 Å². The van der Waals surface area contributed by atoms with Gasteiger partial charge in [0, 0.05) is 33.1 Å². The lowest BCUT2D eigenvalue weighted by atomic mass is 10.1. The predicted molar refractivity (Wildman–Crippen MR) is 73.0 cm³/mol. The summed E-state index contributed by atoms with van der Waals surface area (Å²) in [5.74, 6) is 0.732. The minimum Gasteiger partial charge on any atom is -0.349 e. The quantitative estimate of drug-likeness (QED) is 0.835. The van der Waals surface area contributed by atoms with Gasteiger partial charge in [0.2, 0.25) is 11.0 Å². The molecule has 1 aliphatic rings. The van der Waals surface area contributed by atoms with Gasteiger partial charge in [-0.1, -0.05) is 25.2 Å². The van der Waals surface area contributed by atoms with Crippen molar-refractivity contribution in [3.05, 3.63) is 5.01 Å². The van der Waals surface area contributed by atoms with E-state index in [0.29, 0.717) is 5.92 Å². The summed E-state index contributed by atoms with van der Waals surface area (Å²) in [7, 11) is 3.62. The van der Waals surface area contributed by atoms with Gasteiger partial charge in [0.1, 0.15) is 5.01 Å². The van der Waals surface area contributed by atoms with Crippen LogP contribution in [0.25, 0.3) is 0 Å². The number of carbonyl (C=O) groups excluding carboxylic acids is 1. The molecule has 18 heavy (non-hydrogen) atoms. The van der Waals surface area contributed by atoms with E-state index in [1.807, 2.05) is 14.1 Å². The Labute approximate surface area is 112 Å². The Kier molecular flexibility index (Phi) is 3.85. The summed E-state index contributed by atoms with van der Waals surface area (Å²) in [5, 5.41) is 10.4. The molecule has 1 atom stereocenters. The Morgan fingerprint density at radius 3 is 2.72 bits per heavy atom. The second kappa shape index (κ2) is 5.22. The Morgan fingerprint density at radius 2 is 2.17 bits per heavy atom. The summed E-state index contributed by atoms with van der Waals surface area (Å²) in [6.07, 6.45) is 0.910. The average Bonchev–Trinajstić information content (AvgIpc) is 2.96. The van der Waals surface area contributed by atoms with E-state index in [2.05, 4.69) is 28.9 Å². The van der Waals surface area contributed by atoms with E-state index in [9.17, 15) is 4.79 Å². The second-order valence-corrected chi connectivity index (χ2v) is 6.23. The zero-order valence-corrected chi connectivity index (χ0v) is 12.2. The smallest absolute Gasteiger partial charge is 0.227 e. The summed E-state index contributed by atoms with van der Waals surface area (Å²) in [6, 6.07) is 0. The minimum atomic E-state index is 0.103. The fourth-order valence-electron chi connectivity index (χ4n) is 2.09. The van der Waals surface area contributed by atoms with Gasteiger partial charge >= 0.3 is 0 Å². The number of carbonyl (C=O) groups is 1. The summed E-state index contributed by atoms with van der Waals surface area (Å²) in [5.41, 5.74) is 0. The molecule has 2 rings (SSSR count). The molecule has 0 bridgehead atoms. The molecule has 0 spiro atoms. The minimum absolute atomic E-state index is 0.103. The molecular weight excluding hydrogens is 248 g/mol. The van der Waals surface area contributed by atoms with Crippen LogP contribution in [-0.4, -0.2) is 48.2 Å². The Hall–Kier alpha value is -1.17. The standard InChI is InChI=1S/C12H20N4OS/c1-8(2)10-13-14-12(18-10)16-6-5-9(7-16)11(17)15(3)4/h8-9H,5-7H2,1-4H3. The zero-order valence-electron chi connectivity index (χ0n) is 11.4. The fraction of sp³-hybridized carbons (Fsp3) is 0.750. The number of nitrogens with zero attached hydrogens (tertiary/aromatic N) is 4. The van der Waals surface area contributed by atoms with Crippen LogP contribution in [0.15, 0.2) is 0 Å². The molecule has 0 N–H and O–H groups in total. The van der Waals surface area contributed by atoms with E-state index in [-0.39, 0.29) is 11.8 Å². The number of hydrogen-bond acceptors (Lipinski definition) is 5. The highest BCUT2D eigenvalue weighted by molar-refractivity contribution is 7.15. The van der Waals surface area contributed by atoms with Gasteiger partial charge in [-0.15, -0.1) is 10.2 Å². The number of rotatable bonds is 3. The van der Waals surface area contributed by atoms with Crippen LogP contribution in [0.2, 0.25) is 0 Å². The summed E-state index contributed by atoms with van der Waals surface area (Å²) in [4.78, 5) is 15.8. The molecule has 1 aliphatic heterocycles. The molecular formula is C12H20N4OS. The van der Waals surface area contributed by atoms with E-state index in [0.717, 1.165) is 29.6 Å². The first kappa shape index (κ1) is 13.3. The maximum absolute atomic E-state index is 11.9. The van der Waals surface area contributed by atoms with Gasteiger partial charge in [-0.3, -0.25) is 4.79 Å². The van der Waals surface area contributed by atoms with Crippen molar-refractivity contribution in [3.63, 3.8) is 0 Å². The second-order valence-electron chi connectivity index (χ2n) is 5.24. The van der Waals surface area contributed by atoms with Gasteiger partial charge in [-0.05, 0) is 6.42 Å². The lowest BCUT2D eigenvalue weighted by Crippen LogP contribution is -2.31. The largest absolute Gasteiger partial charge is 0.349 e. The Balaban J connectivity index is 2.02. The third kappa shape index (κ3) is 2.63. The molecule has 5 nitrogen and oxygen atoms in total. The molecule has 6 heteroatoms. The van der Waals surface area contributed by atoms with Crippen molar-refractivity contribution in [2.45, 2.75) is 26.2 Å². The van der Waals surface area contributed by atoms with Crippen molar-refractivity contribution in [2.75, 3.05) is 32.1 Å². The molecule has 0 radical (unpaired) electrons. The highest BCUT2D eigenvalue weighted by Gasteiger charge is 2.31. The van der Waals surface area contributed by atoms with Gasteiger partial charge in [0.15, 0.2) is 0 Å². The van der Waals surface area contributed by atoms with Gasteiger partial charge in [-0.2, -0.15) is 0 Å². The molecule has 1 fully saturated rings. The molecule has 0 saturated carbocycles. The molecule has 1 aromatic heterocycles. The lowest BCUT2D eigenvalue weighted by molar-refractivity contribution is -0.132. The maximum atomic E-state index is 11.9. The van der Waals surface area contributed by atoms with Crippen molar-refractivity contribution < 1.29 is 4.79 Å². The van der Waals surface area contributed by atoms with Crippen molar-refractivity contribution in [3.8, 4) is 0 Å². The fourth-order valence-corrected chi connectivity index (χ4v) is 2.97. The third-order valence-electron chi connectivity index (χ3n) is 3.17. The highest BCUT2D eigenvalue weighted by Crippen LogP contribution is 2.29. The van der Waals surface area contributed by atoms with Gasteiger partial charge in [0.25, 0.3) is 0 Å². The van der Waals surface area contributed by atoms with Crippen molar-refractivity contribution >= 4 is 22.4 Å². The van der Waals surface area contributed by atoms with Crippen molar-refractivity contribution in [1.82, 2.24) is 15.1 Å². The lowest BCUT2D eigenvalue weighted by Gasteiger charge is -2.17. The van der Waals surface area contributed by atoms with E-state index in [1.165, 1.54) is 0 Å². The molecule has 1 saturated heterocycles. The first-order valence-electron chi connectivity index (χ1n) is 6.28. The molecule has 0 aliphatic carbocycles. The molecule has 1 unspecified atom stereocenters. The monoisotopic (exact) mass is 268 g/mol. The molecule has 1 amide bonds. The van der Waals surface area contributed by atoms with Crippen LogP contribution in [0.3, 0.4) is 0 Å². The van der Waals surface area contributed by atoms with Crippen LogP contribution in [-0.2, 0) is 4.79 Å². The predicted octanol–water partition coefficient (Wildman–Crippen LogP) is 1.58. The van der Waals surface area contributed by atoms with E-state index in [4.69, 9.17) is 0 Å². The number of anilines is 1. The molecule has 2 heterocycles. The van der Waals surface area contributed by atoms with Crippen LogP contribution in [0.5, 0.6) is 0 Å². The van der Waals surface area contributed by atoms with Crippen LogP contribution in [0, 0.1) is 5.92 Å². The van der Waals surface area contributed by atoms with Crippen LogP contribution >= 0.6 is 11.3 Å². The Morgan fingerprint density at radius 1 is 1.44 bits per heavy atom. The van der Waals surface area contributed by atoms with Crippen LogP contribution < -0.4 is 4.90 Å². The number of amides is 1. The van der Waals surface area contributed by atoms with Gasteiger partial charge in [0.05, 0.1) is 5.92 Å². The average molecular weight is 268 g/mol. The van der Waals surface area contributed by atoms with E-state index >= 15 is 0 Å². The normalized spacial score (nSPS) is 19.6. The topological polar surface area (TPSA) is 49.3 Å². The highest BCUT2D eigenvalue weighted by atomic mass is 32.1. The molecule has 0 aromatic carbocycles. The van der Waals surface area contributed by atoms with E-state index < -0.39 is 0 Å². The maximum Gasteiger partial charge on any atom is 0.227 e. The van der Waals surface area contributed by atoms with Crippen molar-refractivity contribution in [2.24, 2.45) is 5.92 Å². The summed E-state index contributed by atoms with van der Waals surface area (Å²) < 4.78 is 0. The molecule has 1 aromatic rings. The first-order valence-corrected chi connectivity index (χ1v) is 7.10. The van der Waals surface area contributed by atoms with Crippen molar-refractivity contribution in [1.29, 1.82) is 0 Å². The van der Waals surface area contributed by atoms with Crippen LogP contribution in [0.1, 0.15) is 31.2 Å². The van der Waals surface area contributed by atoms with Crippen LogP contribution in [0.4, 0.5) is 5.13 Å². The first-order chi connectivity index (χ1) is 8.49. The van der Waals surface area contributed by atoms with E-state index in [1.54, 1.807) is 16.2 Å². The number of hydrogen-bond donors (Lipinski definition) is 0. The zero-order chi connectivity index (χ0) is 13.3. The Bertz CT molecular complexity index is 429. The summed E-state index contributed by atoms with van der Waals surface area (Å²) >= 11 is 1.64.